The van der Waals surface area contributed by atoms with Crippen LogP contribution < -0.4 is 5.73 Å². The molecule has 0 spiro atoms. The number of ether oxygens (including phenoxy) is 1. The SMILES string of the molecule is C[C@H]1[C@H](O)[C@H](c2ccc3c(N)ncnn23)O[C@@H]1CO. The average molecular weight is 264 g/mol. The van der Waals surface area contributed by atoms with E-state index in [2.05, 4.69) is 10.1 Å². The summed E-state index contributed by atoms with van der Waals surface area (Å²) in [5, 5.41) is 23.6. The zero-order valence-corrected chi connectivity index (χ0v) is 10.5. The quantitative estimate of drug-likeness (QED) is 0.690. The maximum Gasteiger partial charge on any atom is 0.151 e. The minimum absolute atomic E-state index is 0.116. The Balaban J connectivity index is 2.04. The number of nitrogens with zero attached hydrogens (tertiary/aromatic N) is 3. The molecular weight excluding hydrogens is 248 g/mol. The first-order valence-corrected chi connectivity index (χ1v) is 6.16. The van der Waals surface area contributed by atoms with Crippen molar-refractivity contribution in [1.29, 1.82) is 0 Å². The van der Waals surface area contributed by atoms with Crippen molar-refractivity contribution >= 4 is 11.3 Å². The van der Waals surface area contributed by atoms with Gasteiger partial charge in [0, 0.05) is 5.92 Å². The van der Waals surface area contributed by atoms with Crippen LogP contribution in [0.5, 0.6) is 0 Å². The summed E-state index contributed by atoms with van der Waals surface area (Å²) < 4.78 is 7.32. The number of aliphatic hydroxyl groups excluding tert-OH is 2. The lowest BCUT2D eigenvalue weighted by atomic mass is 9.97. The van der Waals surface area contributed by atoms with Crippen molar-refractivity contribution < 1.29 is 14.9 Å². The summed E-state index contributed by atoms with van der Waals surface area (Å²) in [6.07, 6.45) is -0.222. The van der Waals surface area contributed by atoms with Crippen molar-refractivity contribution in [2.45, 2.75) is 25.2 Å². The third-order valence-corrected chi connectivity index (χ3v) is 3.74. The Morgan fingerprint density at radius 3 is 2.95 bits per heavy atom. The summed E-state index contributed by atoms with van der Waals surface area (Å²) in [5.74, 6) is 0.236. The first-order chi connectivity index (χ1) is 9.13. The molecule has 1 saturated heterocycles. The first-order valence-electron chi connectivity index (χ1n) is 6.16. The van der Waals surface area contributed by atoms with E-state index in [-0.39, 0.29) is 18.6 Å². The second-order valence-corrected chi connectivity index (χ2v) is 4.83. The van der Waals surface area contributed by atoms with Gasteiger partial charge in [0.15, 0.2) is 5.82 Å². The second kappa shape index (κ2) is 4.44. The van der Waals surface area contributed by atoms with Gasteiger partial charge in [0.2, 0.25) is 0 Å². The van der Waals surface area contributed by atoms with Crippen LogP contribution in [0.25, 0.3) is 5.52 Å². The molecule has 0 bridgehead atoms. The molecule has 1 aliphatic rings. The van der Waals surface area contributed by atoms with E-state index < -0.39 is 12.2 Å². The van der Waals surface area contributed by atoms with Crippen LogP contribution in [-0.4, -0.2) is 43.6 Å². The molecule has 0 saturated carbocycles. The van der Waals surface area contributed by atoms with Crippen LogP contribution in [0, 0.1) is 5.92 Å². The highest BCUT2D eigenvalue weighted by Gasteiger charge is 2.42. The van der Waals surface area contributed by atoms with Crippen molar-refractivity contribution in [2.24, 2.45) is 5.92 Å². The van der Waals surface area contributed by atoms with Crippen molar-refractivity contribution in [2.75, 3.05) is 12.3 Å². The van der Waals surface area contributed by atoms with Gasteiger partial charge in [-0.15, -0.1) is 0 Å². The molecular formula is C12H16N4O3. The van der Waals surface area contributed by atoms with Crippen LogP contribution >= 0.6 is 0 Å². The fourth-order valence-electron chi connectivity index (χ4n) is 2.53. The zero-order valence-electron chi connectivity index (χ0n) is 10.5. The number of rotatable bonds is 2. The molecule has 3 heterocycles. The highest BCUT2D eigenvalue weighted by molar-refractivity contribution is 5.65. The number of nitrogen functional groups attached to an aromatic ring is 1. The van der Waals surface area contributed by atoms with Gasteiger partial charge in [0.1, 0.15) is 17.9 Å². The topological polar surface area (TPSA) is 106 Å². The summed E-state index contributed by atoms with van der Waals surface area (Å²) in [6, 6.07) is 3.60. The van der Waals surface area contributed by atoms with Gasteiger partial charge in [-0.2, -0.15) is 5.10 Å². The number of nitrogens with two attached hydrogens (primary N) is 1. The van der Waals surface area contributed by atoms with E-state index in [9.17, 15) is 10.2 Å². The summed E-state index contributed by atoms with van der Waals surface area (Å²) in [7, 11) is 0. The van der Waals surface area contributed by atoms with Gasteiger partial charge < -0.3 is 20.7 Å². The van der Waals surface area contributed by atoms with Gasteiger partial charge in [0.25, 0.3) is 0 Å². The van der Waals surface area contributed by atoms with Crippen LogP contribution in [0.3, 0.4) is 0 Å². The Hall–Kier alpha value is -1.70. The van der Waals surface area contributed by atoms with Crippen LogP contribution in [0.4, 0.5) is 5.82 Å². The number of anilines is 1. The van der Waals surface area contributed by atoms with E-state index in [0.29, 0.717) is 17.0 Å². The van der Waals surface area contributed by atoms with Crippen LogP contribution in [0.15, 0.2) is 18.5 Å². The van der Waals surface area contributed by atoms with Gasteiger partial charge in [0.05, 0.1) is 24.5 Å². The van der Waals surface area contributed by atoms with E-state index in [0.717, 1.165) is 0 Å². The van der Waals surface area contributed by atoms with Crippen molar-refractivity contribution in [1.82, 2.24) is 14.6 Å². The molecule has 4 atom stereocenters. The highest BCUT2D eigenvalue weighted by atomic mass is 16.5. The van der Waals surface area contributed by atoms with Crippen molar-refractivity contribution in [3.8, 4) is 0 Å². The maximum atomic E-state index is 10.2. The fourth-order valence-corrected chi connectivity index (χ4v) is 2.53. The number of hydrogen-bond acceptors (Lipinski definition) is 6. The lowest BCUT2D eigenvalue weighted by Crippen LogP contribution is -2.24. The molecule has 1 aliphatic heterocycles. The Bertz CT molecular complexity index is 600. The zero-order chi connectivity index (χ0) is 13.6. The minimum atomic E-state index is -0.688. The molecule has 1 fully saturated rings. The average Bonchev–Trinajstić information content (AvgIpc) is 2.94. The molecule has 0 aliphatic carbocycles. The molecule has 0 radical (unpaired) electrons. The van der Waals surface area contributed by atoms with Crippen LogP contribution in [0.2, 0.25) is 0 Å². The van der Waals surface area contributed by atoms with E-state index in [1.807, 2.05) is 6.92 Å². The molecule has 102 valence electrons. The largest absolute Gasteiger partial charge is 0.394 e. The number of hydrogen-bond donors (Lipinski definition) is 3. The molecule has 7 heteroatoms. The number of aliphatic hydroxyl groups is 2. The van der Waals surface area contributed by atoms with E-state index >= 15 is 0 Å². The molecule has 7 nitrogen and oxygen atoms in total. The van der Waals surface area contributed by atoms with Gasteiger partial charge in [-0.1, -0.05) is 6.92 Å². The van der Waals surface area contributed by atoms with Crippen LogP contribution in [0.1, 0.15) is 18.7 Å². The lowest BCUT2D eigenvalue weighted by molar-refractivity contribution is -0.0152. The van der Waals surface area contributed by atoms with Crippen molar-refractivity contribution in [3.63, 3.8) is 0 Å². The summed E-state index contributed by atoms with van der Waals surface area (Å²) in [6.45, 7) is 1.74. The molecule has 4 N–H and O–H groups in total. The molecule has 3 rings (SSSR count). The standard InChI is InChI=1S/C12H16N4O3/c1-6-9(4-17)19-11(10(6)18)7-2-3-8-12(13)14-5-15-16(7)8/h2-3,5-6,9-11,17-18H,4H2,1H3,(H2,13,14,15)/t6-,9-,10+,11+/m1/s1. The Morgan fingerprint density at radius 2 is 2.26 bits per heavy atom. The van der Waals surface area contributed by atoms with Gasteiger partial charge in [-0.25, -0.2) is 9.50 Å². The predicted molar refractivity (Wildman–Crippen MR) is 67.3 cm³/mol. The van der Waals surface area contributed by atoms with E-state index in [1.165, 1.54) is 6.33 Å². The summed E-state index contributed by atoms with van der Waals surface area (Å²) >= 11 is 0. The monoisotopic (exact) mass is 264 g/mol. The molecule has 19 heavy (non-hydrogen) atoms. The van der Waals surface area contributed by atoms with Gasteiger partial charge >= 0.3 is 0 Å². The normalized spacial score (nSPS) is 31.1. The number of aromatic nitrogens is 3. The van der Waals surface area contributed by atoms with E-state index in [4.69, 9.17) is 10.5 Å². The van der Waals surface area contributed by atoms with E-state index in [1.54, 1.807) is 16.6 Å². The number of fused-ring (bicyclic) bond motifs is 1. The molecule has 0 unspecified atom stereocenters. The minimum Gasteiger partial charge on any atom is -0.394 e. The third-order valence-electron chi connectivity index (χ3n) is 3.74. The van der Waals surface area contributed by atoms with Crippen LogP contribution in [-0.2, 0) is 4.74 Å². The third kappa shape index (κ3) is 1.78. The first kappa shape index (κ1) is 12.3. The Labute approximate surface area is 109 Å². The summed E-state index contributed by atoms with van der Waals surface area (Å²) in [5.41, 5.74) is 7.15. The highest BCUT2D eigenvalue weighted by Crippen LogP contribution is 2.37. The second-order valence-electron chi connectivity index (χ2n) is 4.83. The van der Waals surface area contributed by atoms with Gasteiger partial charge in [-0.05, 0) is 12.1 Å². The molecule has 2 aromatic rings. The van der Waals surface area contributed by atoms with Gasteiger partial charge in [-0.3, -0.25) is 0 Å². The Kier molecular flexibility index (Phi) is 2.89. The molecule has 2 aromatic heterocycles. The van der Waals surface area contributed by atoms with Crippen molar-refractivity contribution in [3.05, 3.63) is 24.2 Å². The fraction of sp³-hybridized carbons (Fsp3) is 0.500. The smallest absolute Gasteiger partial charge is 0.151 e. The Morgan fingerprint density at radius 1 is 1.47 bits per heavy atom. The molecule has 0 aromatic carbocycles. The lowest BCUT2D eigenvalue weighted by Gasteiger charge is -2.14. The maximum absolute atomic E-state index is 10.2. The molecule has 0 amide bonds. The predicted octanol–water partition coefficient (Wildman–Crippen LogP) is -0.259. The summed E-state index contributed by atoms with van der Waals surface area (Å²) in [4.78, 5) is 3.91.